The SMILES string of the molecule is O=C(O)N1C[C@H]2CC(Oc3cccc(-c4cncnc4)c3)C[C@H]2C1. The number of rotatable bonds is 3. The smallest absolute Gasteiger partial charge is 0.407 e. The second-order valence-electron chi connectivity index (χ2n) is 6.57. The van der Waals surface area contributed by atoms with Crippen molar-refractivity contribution in [1.29, 1.82) is 0 Å². The molecule has 1 unspecified atom stereocenters. The summed E-state index contributed by atoms with van der Waals surface area (Å²) in [6.07, 6.45) is 6.29. The molecule has 6 nitrogen and oxygen atoms in total. The first-order valence-corrected chi connectivity index (χ1v) is 8.19. The predicted octanol–water partition coefficient (Wildman–Crippen LogP) is 2.91. The largest absolute Gasteiger partial charge is 0.490 e. The van der Waals surface area contributed by atoms with Crippen molar-refractivity contribution in [3.8, 4) is 16.9 Å². The molecule has 1 aromatic carbocycles. The van der Waals surface area contributed by atoms with Crippen molar-refractivity contribution < 1.29 is 14.6 Å². The fourth-order valence-electron chi connectivity index (χ4n) is 3.89. The van der Waals surface area contributed by atoms with Crippen LogP contribution in [0.3, 0.4) is 0 Å². The van der Waals surface area contributed by atoms with E-state index >= 15 is 0 Å². The molecule has 2 aromatic rings. The van der Waals surface area contributed by atoms with Crippen molar-refractivity contribution in [2.75, 3.05) is 13.1 Å². The van der Waals surface area contributed by atoms with E-state index < -0.39 is 6.09 Å². The van der Waals surface area contributed by atoms with Gasteiger partial charge in [0.1, 0.15) is 12.1 Å². The van der Waals surface area contributed by atoms with Crippen LogP contribution in [0.1, 0.15) is 12.8 Å². The Morgan fingerprint density at radius 1 is 1.12 bits per heavy atom. The lowest BCUT2D eigenvalue weighted by Crippen LogP contribution is -2.29. The Hall–Kier alpha value is -2.63. The fourth-order valence-corrected chi connectivity index (χ4v) is 3.89. The van der Waals surface area contributed by atoms with Crippen LogP contribution in [-0.2, 0) is 0 Å². The van der Waals surface area contributed by atoms with Crippen LogP contribution in [0, 0.1) is 11.8 Å². The molecule has 1 saturated heterocycles. The minimum atomic E-state index is -0.806. The molecule has 0 bridgehead atoms. The van der Waals surface area contributed by atoms with Gasteiger partial charge in [0.15, 0.2) is 0 Å². The number of aromatic nitrogens is 2. The molecule has 2 fully saturated rings. The summed E-state index contributed by atoms with van der Waals surface area (Å²) >= 11 is 0. The van der Waals surface area contributed by atoms with Crippen molar-refractivity contribution in [3.05, 3.63) is 43.0 Å². The van der Waals surface area contributed by atoms with Gasteiger partial charge < -0.3 is 14.7 Å². The summed E-state index contributed by atoms with van der Waals surface area (Å²) in [5.74, 6) is 1.70. The first-order chi connectivity index (χ1) is 11.7. The van der Waals surface area contributed by atoms with Gasteiger partial charge in [0.25, 0.3) is 0 Å². The van der Waals surface area contributed by atoms with E-state index in [0.717, 1.165) is 29.7 Å². The van der Waals surface area contributed by atoms with Crippen LogP contribution in [0.15, 0.2) is 43.0 Å². The molecule has 1 aliphatic heterocycles. The zero-order chi connectivity index (χ0) is 16.5. The first kappa shape index (κ1) is 14.9. The number of hydrogen-bond acceptors (Lipinski definition) is 4. The molecule has 1 saturated carbocycles. The summed E-state index contributed by atoms with van der Waals surface area (Å²) in [4.78, 5) is 20.7. The van der Waals surface area contributed by atoms with Gasteiger partial charge in [0.2, 0.25) is 0 Å². The summed E-state index contributed by atoms with van der Waals surface area (Å²) in [5, 5.41) is 9.09. The highest BCUT2D eigenvalue weighted by molar-refractivity contribution is 5.65. The number of likely N-dealkylation sites (tertiary alicyclic amines) is 1. The van der Waals surface area contributed by atoms with E-state index in [0.29, 0.717) is 24.9 Å². The van der Waals surface area contributed by atoms with E-state index in [1.165, 1.54) is 11.2 Å². The molecule has 3 atom stereocenters. The monoisotopic (exact) mass is 325 g/mol. The standard InChI is InChI=1S/C18H19N3O3/c22-18(23)21-9-13-5-17(6-14(13)10-21)24-16-3-1-2-12(4-16)15-7-19-11-20-8-15/h1-4,7-8,11,13-14,17H,5-6,9-10H2,(H,22,23)/t13-,14+,17?. The lowest BCUT2D eigenvalue weighted by molar-refractivity contribution is 0.144. The molecule has 2 heterocycles. The van der Waals surface area contributed by atoms with Crippen LogP contribution in [0.5, 0.6) is 5.75 Å². The van der Waals surface area contributed by atoms with E-state index in [2.05, 4.69) is 9.97 Å². The normalized spacial score (nSPS) is 25.5. The lowest BCUT2D eigenvalue weighted by Gasteiger charge is -2.18. The third-order valence-electron chi connectivity index (χ3n) is 5.01. The number of amides is 1. The highest BCUT2D eigenvalue weighted by Gasteiger charge is 2.43. The first-order valence-electron chi connectivity index (χ1n) is 8.19. The number of ether oxygens (including phenoxy) is 1. The molecule has 6 heteroatoms. The van der Waals surface area contributed by atoms with Crippen LogP contribution in [-0.4, -0.2) is 45.3 Å². The summed E-state index contributed by atoms with van der Waals surface area (Å²) in [6.45, 7) is 1.28. The number of nitrogens with zero attached hydrogens (tertiary/aromatic N) is 3. The molecule has 1 aromatic heterocycles. The maximum Gasteiger partial charge on any atom is 0.407 e. The minimum Gasteiger partial charge on any atom is -0.490 e. The molecule has 0 spiro atoms. The molecule has 124 valence electrons. The number of carboxylic acid groups (broad SMARTS) is 1. The Labute approximate surface area is 140 Å². The van der Waals surface area contributed by atoms with Crippen LogP contribution in [0.2, 0.25) is 0 Å². The van der Waals surface area contributed by atoms with Crippen molar-refractivity contribution in [3.63, 3.8) is 0 Å². The van der Waals surface area contributed by atoms with Crippen LogP contribution in [0.25, 0.3) is 11.1 Å². The van der Waals surface area contributed by atoms with Gasteiger partial charge in [0, 0.05) is 31.0 Å². The molecule has 1 amide bonds. The highest BCUT2D eigenvalue weighted by Crippen LogP contribution is 2.40. The van der Waals surface area contributed by atoms with Crippen LogP contribution < -0.4 is 4.74 Å². The number of carbonyl (C=O) groups is 1. The Morgan fingerprint density at radius 2 is 1.83 bits per heavy atom. The fraction of sp³-hybridized carbons (Fsp3) is 0.389. The molecular formula is C18H19N3O3. The predicted molar refractivity (Wildman–Crippen MR) is 87.7 cm³/mol. The zero-order valence-electron chi connectivity index (χ0n) is 13.2. The van der Waals surface area contributed by atoms with E-state index in [1.807, 2.05) is 24.3 Å². The second-order valence-corrected chi connectivity index (χ2v) is 6.57. The molecule has 1 aliphatic carbocycles. The quantitative estimate of drug-likeness (QED) is 0.939. The maximum absolute atomic E-state index is 11.1. The molecular weight excluding hydrogens is 306 g/mol. The zero-order valence-corrected chi connectivity index (χ0v) is 13.2. The van der Waals surface area contributed by atoms with Gasteiger partial charge >= 0.3 is 6.09 Å². The van der Waals surface area contributed by atoms with Gasteiger partial charge in [-0.25, -0.2) is 14.8 Å². The van der Waals surface area contributed by atoms with Gasteiger partial charge in [0.05, 0.1) is 6.10 Å². The third kappa shape index (κ3) is 2.91. The Balaban J connectivity index is 1.42. The number of benzene rings is 1. The third-order valence-corrected chi connectivity index (χ3v) is 5.01. The number of hydrogen-bond donors (Lipinski definition) is 1. The van der Waals surface area contributed by atoms with Crippen molar-refractivity contribution in [1.82, 2.24) is 14.9 Å². The second kappa shape index (κ2) is 6.11. The topological polar surface area (TPSA) is 75.5 Å². The summed E-state index contributed by atoms with van der Waals surface area (Å²) in [5.41, 5.74) is 1.99. The van der Waals surface area contributed by atoms with E-state index in [-0.39, 0.29) is 6.10 Å². The van der Waals surface area contributed by atoms with Gasteiger partial charge in [-0.2, -0.15) is 0 Å². The van der Waals surface area contributed by atoms with Crippen LogP contribution in [0.4, 0.5) is 4.79 Å². The van der Waals surface area contributed by atoms with Gasteiger partial charge in [-0.1, -0.05) is 12.1 Å². The Bertz CT molecular complexity index is 723. The minimum absolute atomic E-state index is 0.165. The molecule has 4 rings (SSSR count). The van der Waals surface area contributed by atoms with Crippen LogP contribution >= 0.6 is 0 Å². The molecule has 2 aliphatic rings. The Morgan fingerprint density at radius 3 is 2.50 bits per heavy atom. The summed E-state index contributed by atoms with van der Waals surface area (Å²) < 4.78 is 6.16. The molecule has 0 radical (unpaired) electrons. The van der Waals surface area contributed by atoms with Crippen molar-refractivity contribution in [2.24, 2.45) is 11.8 Å². The average molecular weight is 325 g/mol. The van der Waals surface area contributed by atoms with Gasteiger partial charge in [-0.3, -0.25) is 0 Å². The molecule has 24 heavy (non-hydrogen) atoms. The summed E-state index contributed by atoms with van der Waals surface area (Å²) in [6, 6.07) is 7.96. The molecule has 1 N–H and O–H groups in total. The number of fused-ring (bicyclic) bond motifs is 1. The maximum atomic E-state index is 11.1. The Kier molecular flexibility index (Phi) is 3.80. The lowest BCUT2D eigenvalue weighted by atomic mass is 10.0. The van der Waals surface area contributed by atoms with E-state index in [9.17, 15) is 4.79 Å². The van der Waals surface area contributed by atoms with E-state index in [4.69, 9.17) is 9.84 Å². The van der Waals surface area contributed by atoms with Gasteiger partial charge in [-0.05, 0) is 42.4 Å². The van der Waals surface area contributed by atoms with E-state index in [1.54, 1.807) is 12.4 Å². The van der Waals surface area contributed by atoms with Crippen molar-refractivity contribution in [2.45, 2.75) is 18.9 Å². The summed E-state index contributed by atoms with van der Waals surface area (Å²) in [7, 11) is 0. The average Bonchev–Trinajstić information content (AvgIpc) is 3.14. The van der Waals surface area contributed by atoms with Crippen molar-refractivity contribution >= 4 is 6.09 Å². The van der Waals surface area contributed by atoms with Gasteiger partial charge in [-0.15, -0.1) is 0 Å². The highest BCUT2D eigenvalue weighted by atomic mass is 16.5.